The summed E-state index contributed by atoms with van der Waals surface area (Å²) in [5.41, 5.74) is 0.672. The third-order valence-corrected chi connectivity index (χ3v) is 5.84. The fraction of sp³-hybridized carbons (Fsp3) is 0.130. The largest absolute Gasteiger partial charge is 0.465 e. The summed E-state index contributed by atoms with van der Waals surface area (Å²) < 4.78 is 23.0. The van der Waals surface area contributed by atoms with Crippen molar-refractivity contribution >= 4 is 45.8 Å². The standard InChI is InChI=1S/C23H19FN2O6S/c1-12-17(23(30)32-3)21(26-19(27)13-7-6-8-14(24)11-13)33-18(12)20(28)25-16-10-5-4-9-15(16)22(29)31-2/h4-11H,1-3H3,(H,25,28)(H,26,27). The topological polar surface area (TPSA) is 111 Å². The predicted molar refractivity (Wildman–Crippen MR) is 120 cm³/mol. The van der Waals surface area contributed by atoms with Crippen molar-refractivity contribution in [3.05, 3.63) is 81.5 Å². The highest BCUT2D eigenvalue weighted by molar-refractivity contribution is 7.19. The molecule has 0 bridgehead atoms. The molecule has 33 heavy (non-hydrogen) atoms. The molecule has 0 saturated carbocycles. The first-order valence-electron chi connectivity index (χ1n) is 9.54. The Morgan fingerprint density at radius 1 is 0.879 bits per heavy atom. The number of amides is 2. The van der Waals surface area contributed by atoms with E-state index in [-0.39, 0.29) is 37.8 Å². The van der Waals surface area contributed by atoms with E-state index in [1.54, 1.807) is 12.1 Å². The molecule has 8 nitrogen and oxygen atoms in total. The van der Waals surface area contributed by atoms with Crippen LogP contribution in [-0.4, -0.2) is 38.0 Å². The van der Waals surface area contributed by atoms with E-state index in [4.69, 9.17) is 9.47 Å². The van der Waals surface area contributed by atoms with Gasteiger partial charge in [-0.3, -0.25) is 9.59 Å². The minimum absolute atomic E-state index is 0.00124. The fourth-order valence-corrected chi connectivity index (χ4v) is 4.12. The van der Waals surface area contributed by atoms with Gasteiger partial charge in [-0.2, -0.15) is 0 Å². The molecule has 2 N–H and O–H groups in total. The summed E-state index contributed by atoms with van der Waals surface area (Å²) in [5.74, 6) is -3.25. The van der Waals surface area contributed by atoms with E-state index < -0.39 is 29.6 Å². The number of para-hydroxylation sites is 1. The Hall–Kier alpha value is -4.05. The average Bonchev–Trinajstić information content (AvgIpc) is 3.14. The first kappa shape index (κ1) is 23.6. The van der Waals surface area contributed by atoms with Crippen LogP contribution in [0.2, 0.25) is 0 Å². The molecule has 0 atom stereocenters. The number of carbonyl (C=O) groups is 4. The van der Waals surface area contributed by atoms with E-state index in [9.17, 15) is 23.6 Å². The van der Waals surface area contributed by atoms with E-state index in [1.807, 2.05) is 0 Å². The average molecular weight is 470 g/mol. The molecular weight excluding hydrogens is 451 g/mol. The summed E-state index contributed by atoms with van der Waals surface area (Å²) in [6.07, 6.45) is 0. The van der Waals surface area contributed by atoms with Crippen molar-refractivity contribution in [1.82, 2.24) is 0 Å². The van der Waals surface area contributed by atoms with Crippen LogP contribution in [0.15, 0.2) is 48.5 Å². The first-order chi connectivity index (χ1) is 15.8. The minimum Gasteiger partial charge on any atom is -0.465 e. The maximum absolute atomic E-state index is 13.5. The highest BCUT2D eigenvalue weighted by Gasteiger charge is 2.27. The summed E-state index contributed by atoms with van der Waals surface area (Å²) in [7, 11) is 2.39. The molecule has 0 saturated heterocycles. The van der Waals surface area contributed by atoms with Crippen molar-refractivity contribution < 1.29 is 33.0 Å². The molecule has 0 spiro atoms. The van der Waals surface area contributed by atoms with Crippen molar-refractivity contribution in [3.8, 4) is 0 Å². The lowest BCUT2D eigenvalue weighted by molar-refractivity contribution is 0.0592. The zero-order valence-electron chi connectivity index (χ0n) is 17.9. The summed E-state index contributed by atoms with van der Waals surface area (Å²) in [6.45, 7) is 1.53. The Balaban J connectivity index is 1.96. The second-order valence-electron chi connectivity index (χ2n) is 6.71. The smallest absolute Gasteiger partial charge is 0.341 e. The number of anilines is 2. The van der Waals surface area contributed by atoms with Gasteiger partial charge in [0.2, 0.25) is 0 Å². The van der Waals surface area contributed by atoms with Crippen LogP contribution in [0.5, 0.6) is 0 Å². The van der Waals surface area contributed by atoms with Crippen LogP contribution in [0.25, 0.3) is 0 Å². The van der Waals surface area contributed by atoms with Crippen LogP contribution in [-0.2, 0) is 9.47 Å². The van der Waals surface area contributed by atoms with Crippen molar-refractivity contribution in [1.29, 1.82) is 0 Å². The molecule has 10 heteroatoms. The number of thiophene rings is 1. The molecule has 3 rings (SSSR count). The minimum atomic E-state index is -0.757. The van der Waals surface area contributed by atoms with Gasteiger partial charge in [-0.1, -0.05) is 18.2 Å². The van der Waals surface area contributed by atoms with Crippen LogP contribution in [0, 0.1) is 12.7 Å². The number of methoxy groups -OCH3 is 2. The molecule has 1 heterocycles. The van der Waals surface area contributed by atoms with Crippen LogP contribution < -0.4 is 10.6 Å². The summed E-state index contributed by atoms with van der Waals surface area (Å²) >= 11 is 0.850. The van der Waals surface area contributed by atoms with E-state index in [0.29, 0.717) is 0 Å². The van der Waals surface area contributed by atoms with Crippen LogP contribution in [0.4, 0.5) is 15.1 Å². The van der Waals surface area contributed by atoms with Gasteiger partial charge >= 0.3 is 11.9 Å². The SMILES string of the molecule is COC(=O)c1ccccc1NC(=O)c1sc(NC(=O)c2cccc(F)c2)c(C(=O)OC)c1C. The van der Waals surface area contributed by atoms with Gasteiger partial charge in [0, 0.05) is 5.56 Å². The number of hydrogen-bond donors (Lipinski definition) is 2. The van der Waals surface area contributed by atoms with Gasteiger partial charge in [-0.25, -0.2) is 14.0 Å². The number of nitrogens with one attached hydrogen (secondary N) is 2. The number of hydrogen-bond acceptors (Lipinski definition) is 7. The summed E-state index contributed by atoms with van der Waals surface area (Å²) in [4.78, 5) is 50.1. The quantitative estimate of drug-likeness (QED) is 0.521. The van der Waals surface area contributed by atoms with E-state index in [0.717, 1.165) is 17.4 Å². The Kier molecular flexibility index (Phi) is 7.19. The number of carbonyl (C=O) groups excluding carboxylic acids is 4. The molecule has 0 unspecified atom stereocenters. The van der Waals surface area contributed by atoms with E-state index in [1.165, 1.54) is 51.5 Å². The summed E-state index contributed by atoms with van der Waals surface area (Å²) in [5, 5.41) is 5.24. The Morgan fingerprint density at radius 3 is 2.24 bits per heavy atom. The van der Waals surface area contributed by atoms with Crippen LogP contribution in [0.1, 0.15) is 46.3 Å². The highest BCUT2D eigenvalue weighted by atomic mass is 32.1. The van der Waals surface area contributed by atoms with Gasteiger partial charge in [0.25, 0.3) is 11.8 Å². The molecule has 0 fully saturated rings. The molecule has 0 aliphatic heterocycles. The zero-order chi connectivity index (χ0) is 24.1. The maximum Gasteiger partial charge on any atom is 0.341 e. The van der Waals surface area contributed by atoms with Gasteiger partial charge in [0.1, 0.15) is 10.8 Å². The Labute approximate surface area is 192 Å². The molecule has 2 aromatic carbocycles. The number of benzene rings is 2. The van der Waals surface area contributed by atoms with Crippen molar-refractivity contribution in [2.24, 2.45) is 0 Å². The van der Waals surface area contributed by atoms with E-state index >= 15 is 0 Å². The molecule has 3 aromatic rings. The zero-order valence-corrected chi connectivity index (χ0v) is 18.7. The van der Waals surface area contributed by atoms with Crippen LogP contribution in [0.3, 0.4) is 0 Å². The van der Waals surface area contributed by atoms with Gasteiger partial charge < -0.3 is 20.1 Å². The van der Waals surface area contributed by atoms with E-state index in [2.05, 4.69) is 10.6 Å². The van der Waals surface area contributed by atoms with Crippen molar-refractivity contribution in [2.75, 3.05) is 24.9 Å². The lowest BCUT2D eigenvalue weighted by Crippen LogP contribution is -2.15. The Bertz CT molecular complexity index is 1250. The summed E-state index contributed by atoms with van der Waals surface area (Å²) in [6, 6.07) is 11.3. The highest BCUT2D eigenvalue weighted by Crippen LogP contribution is 2.35. The lowest BCUT2D eigenvalue weighted by Gasteiger charge is -2.09. The van der Waals surface area contributed by atoms with Gasteiger partial charge in [-0.05, 0) is 42.8 Å². The first-order valence-corrected chi connectivity index (χ1v) is 10.4. The molecule has 2 amide bonds. The molecule has 0 aliphatic carbocycles. The fourth-order valence-electron chi connectivity index (χ4n) is 3.03. The second-order valence-corrected chi connectivity index (χ2v) is 7.73. The molecule has 170 valence electrons. The van der Waals surface area contributed by atoms with Gasteiger partial charge in [0.15, 0.2) is 0 Å². The Morgan fingerprint density at radius 2 is 1.58 bits per heavy atom. The van der Waals surface area contributed by atoms with Crippen LogP contribution >= 0.6 is 11.3 Å². The van der Waals surface area contributed by atoms with Gasteiger partial charge in [-0.15, -0.1) is 11.3 Å². The molecule has 0 aliphatic rings. The number of halogens is 1. The molecular formula is C23H19FN2O6S. The van der Waals surface area contributed by atoms with Crippen molar-refractivity contribution in [2.45, 2.75) is 6.92 Å². The van der Waals surface area contributed by atoms with Crippen molar-refractivity contribution in [3.63, 3.8) is 0 Å². The lowest BCUT2D eigenvalue weighted by atomic mass is 10.1. The van der Waals surface area contributed by atoms with Gasteiger partial charge in [0.05, 0.1) is 35.9 Å². The normalized spacial score (nSPS) is 10.3. The predicted octanol–water partition coefficient (Wildman–Crippen LogP) is 4.27. The maximum atomic E-state index is 13.5. The third kappa shape index (κ3) is 5.07. The third-order valence-electron chi connectivity index (χ3n) is 4.64. The number of rotatable bonds is 6. The number of esters is 2. The number of ether oxygens (including phenoxy) is 2. The molecule has 1 aromatic heterocycles. The monoisotopic (exact) mass is 470 g/mol. The second kappa shape index (κ2) is 10.0. The molecule has 0 radical (unpaired) electrons.